The van der Waals surface area contributed by atoms with Gasteiger partial charge in [-0.05, 0) is 122 Å². The van der Waals surface area contributed by atoms with Gasteiger partial charge in [0, 0.05) is 34.3 Å². The Kier molecular flexibility index (Phi) is 13.0. The number of nitrogens with one attached hydrogen (secondary N) is 1. The monoisotopic (exact) mass is 724 g/mol. The van der Waals surface area contributed by atoms with Crippen LogP contribution in [-0.2, 0) is 22.6 Å². The highest BCUT2D eigenvalue weighted by Crippen LogP contribution is 2.38. The van der Waals surface area contributed by atoms with Gasteiger partial charge in [0.15, 0.2) is 0 Å². The molecule has 0 saturated carbocycles. The van der Waals surface area contributed by atoms with Crippen molar-refractivity contribution in [2.75, 3.05) is 26.2 Å². The van der Waals surface area contributed by atoms with Gasteiger partial charge < -0.3 is 19.2 Å². The first-order valence-corrected chi connectivity index (χ1v) is 18.7. The van der Waals surface area contributed by atoms with Gasteiger partial charge in [-0.15, -0.1) is 0 Å². The molecule has 9 heteroatoms. The summed E-state index contributed by atoms with van der Waals surface area (Å²) >= 11 is 7.84. The average molecular weight is 725 g/mol. The lowest BCUT2D eigenvalue weighted by Crippen LogP contribution is -2.42. The third-order valence-corrected chi connectivity index (χ3v) is 9.81. The predicted octanol–water partition coefficient (Wildman–Crippen LogP) is 9.69. The lowest BCUT2D eigenvalue weighted by molar-refractivity contribution is -0.142. The van der Waals surface area contributed by atoms with Gasteiger partial charge in [-0.1, -0.05) is 54.1 Å². The van der Waals surface area contributed by atoms with E-state index in [2.05, 4.69) is 42.3 Å². The summed E-state index contributed by atoms with van der Waals surface area (Å²) < 4.78 is 17.1. The number of amides is 1. The number of carbonyl (C=O) groups is 2. The molecule has 0 aliphatic rings. The summed E-state index contributed by atoms with van der Waals surface area (Å²) in [5, 5.41) is 3.60. The van der Waals surface area contributed by atoms with Crippen molar-refractivity contribution < 1.29 is 23.5 Å². The van der Waals surface area contributed by atoms with Crippen LogP contribution in [0.2, 0.25) is 5.02 Å². The first-order valence-electron chi connectivity index (χ1n) is 17.0. The Morgan fingerprint density at radius 2 is 1.63 bits per heavy atom. The highest BCUT2D eigenvalue weighted by Gasteiger charge is 2.25. The Balaban J connectivity index is 1.48. The Labute approximate surface area is 310 Å². The molecule has 51 heavy (non-hydrogen) atoms. The molecule has 1 N–H and O–H groups in total. The van der Waals surface area contributed by atoms with E-state index in [0.29, 0.717) is 35.8 Å². The van der Waals surface area contributed by atoms with Crippen LogP contribution in [0, 0.1) is 6.92 Å². The molecule has 0 saturated heterocycles. The molecule has 5 rings (SSSR count). The number of hydrogen-bond acceptors (Lipinski definition) is 7. The lowest BCUT2D eigenvalue weighted by atomic mass is 9.93. The van der Waals surface area contributed by atoms with Crippen LogP contribution in [0.25, 0.3) is 33.6 Å². The first-order chi connectivity index (χ1) is 24.6. The standard InChI is InChI=1S/C42H45ClN2O5S/c1-27(2)45(26-34-24-37(31-11-9-12-33(23-31)48-4)40(50-34)30-15-17-32(43)18-16-30)25-29-14-19-36(38(22-29)35-13-8-7-10-28(35)3)41(46)44-39(20-21-51-6)42(47)49-5/h7-19,22-24,27,39H,20-21,25-26H2,1-6H3,(H,44,46)/t39-/m0/s1. The largest absolute Gasteiger partial charge is 0.497 e. The minimum absolute atomic E-state index is 0.177. The summed E-state index contributed by atoms with van der Waals surface area (Å²) in [7, 11) is 3.01. The molecule has 0 unspecified atom stereocenters. The molecule has 1 aromatic heterocycles. The number of hydrogen-bond donors (Lipinski definition) is 1. The van der Waals surface area contributed by atoms with E-state index < -0.39 is 12.0 Å². The summed E-state index contributed by atoms with van der Waals surface area (Å²) in [6, 6.07) is 31.1. The van der Waals surface area contributed by atoms with Crippen molar-refractivity contribution in [3.8, 4) is 39.3 Å². The number of halogens is 1. The van der Waals surface area contributed by atoms with Gasteiger partial charge in [0.1, 0.15) is 23.3 Å². The molecule has 266 valence electrons. The quantitative estimate of drug-likeness (QED) is 0.108. The van der Waals surface area contributed by atoms with Crippen LogP contribution in [-0.4, -0.2) is 55.1 Å². The van der Waals surface area contributed by atoms with Crippen molar-refractivity contribution in [3.63, 3.8) is 0 Å². The number of ether oxygens (including phenoxy) is 2. The number of rotatable bonds is 15. The van der Waals surface area contributed by atoms with Gasteiger partial charge in [0.2, 0.25) is 0 Å². The molecule has 5 aromatic rings. The van der Waals surface area contributed by atoms with E-state index in [1.54, 1.807) is 18.9 Å². The summed E-state index contributed by atoms with van der Waals surface area (Å²) in [5.41, 5.74) is 7.25. The second kappa shape index (κ2) is 17.6. The molecule has 0 spiro atoms. The van der Waals surface area contributed by atoms with Gasteiger partial charge in [0.05, 0.1) is 20.8 Å². The van der Waals surface area contributed by atoms with Crippen LogP contribution >= 0.6 is 23.4 Å². The van der Waals surface area contributed by atoms with E-state index in [4.69, 9.17) is 25.5 Å². The summed E-state index contributed by atoms with van der Waals surface area (Å²) in [5.74, 6) is 2.30. The van der Waals surface area contributed by atoms with E-state index in [-0.39, 0.29) is 11.9 Å². The number of esters is 1. The minimum atomic E-state index is -0.733. The number of thioether (sulfide) groups is 1. The number of aryl methyl sites for hydroxylation is 1. The van der Waals surface area contributed by atoms with Crippen LogP contribution < -0.4 is 10.1 Å². The number of benzene rings is 4. The number of nitrogens with zero attached hydrogens (tertiary/aromatic N) is 1. The van der Waals surface area contributed by atoms with Crippen molar-refractivity contribution in [2.45, 2.75) is 52.4 Å². The van der Waals surface area contributed by atoms with Crippen LogP contribution in [0.5, 0.6) is 5.75 Å². The van der Waals surface area contributed by atoms with Crippen molar-refractivity contribution >= 4 is 35.2 Å². The molecule has 1 atom stereocenters. The van der Waals surface area contributed by atoms with Gasteiger partial charge in [-0.25, -0.2) is 4.79 Å². The molecule has 7 nitrogen and oxygen atoms in total. The highest BCUT2D eigenvalue weighted by atomic mass is 35.5. The van der Waals surface area contributed by atoms with Crippen LogP contribution in [0.15, 0.2) is 101 Å². The Morgan fingerprint density at radius 3 is 2.31 bits per heavy atom. The van der Waals surface area contributed by atoms with Crippen LogP contribution in [0.1, 0.15) is 47.5 Å². The third kappa shape index (κ3) is 9.44. The fourth-order valence-electron chi connectivity index (χ4n) is 6.05. The van der Waals surface area contributed by atoms with Crippen LogP contribution in [0.3, 0.4) is 0 Å². The number of carbonyl (C=O) groups excluding carboxylic acids is 2. The maximum Gasteiger partial charge on any atom is 0.328 e. The molecule has 0 fully saturated rings. The zero-order chi connectivity index (χ0) is 36.5. The predicted molar refractivity (Wildman–Crippen MR) is 208 cm³/mol. The Bertz CT molecular complexity index is 1960. The second-order valence-electron chi connectivity index (χ2n) is 12.7. The molecule has 0 radical (unpaired) electrons. The number of methoxy groups -OCH3 is 2. The van der Waals surface area contributed by atoms with Gasteiger partial charge in [0.25, 0.3) is 5.91 Å². The smallest absolute Gasteiger partial charge is 0.328 e. The fourth-order valence-corrected chi connectivity index (χ4v) is 6.64. The summed E-state index contributed by atoms with van der Waals surface area (Å²) in [6.45, 7) is 7.53. The van der Waals surface area contributed by atoms with E-state index in [1.165, 1.54) is 7.11 Å². The second-order valence-corrected chi connectivity index (χ2v) is 14.1. The van der Waals surface area contributed by atoms with Gasteiger partial charge in [-0.3, -0.25) is 9.69 Å². The van der Waals surface area contributed by atoms with Crippen molar-refractivity contribution in [1.29, 1.82) is 0 Å². The SMILES string of the molecule is COC(=O)[C@H](CCSC)NC(=O)c1ccc(CN(Cc2cc(-c3cccc(OC)c3)c(-c3ccc(Cl)cc3)o2)C(C)C)cc1-c1ccccc1C. The van der Waals surface area contributed by atoms with E-state index in [0.717, 1.165) is 56.2 Å². The molecule has 1 heterocycles. The first kappa shape index (κ1) is 37.7. The average Bonchev–Trinajstić information content (AvgIpc) is 3.56. The van der Waals surface area contributed by atoms with E-state index in [9.17, 15) is 9.59 Å². The lowest BCUT2D eigenvalue weighted by Gasteiger charge is -2.26. The molecule has 0 aliphatic carbocycles. The Morgan fingerprint density at radius 1 is 0.863 bits per heavy atom. The van der Waals surface area contributed by atoms with Crippen molar-refractivity contribution in [2.24, 2.45) is 0 Å². The van der Waals surface area contributed by atoms with Crippen molar-refractivity contribution in [3.05, 3.63) is 125 Å². The zero-order valence-corrected chi connectivity index (χ0v) is 31.6. The molecule has 1 amide bonds. The molecule has 4 aromatic carbocycles. The topological polar surface area (TPSA) is 81.0 Å². The Hall–Kier alpha value is -4.50. The zero-order valence-electron chi connectivity index (χ0n) is 30.0. The van der Waals surface area contributed by atoms with E-state index in [1.807, 2.05) is 92.0 Å². The molecule has 0 bridgehead atoms. The van der Waals surface area contributed by atoms with Gasteiger partial charge >= 0.3 is 5.97 Å². The van der Waals surface area contributed by atoms with Crippen LogP contribution in [0.4, 0.5) is 0 Å². The summed E-state index contributed by atoms with van der Waals surface area (Å²) in [4.78, 5) is 28.7. The van der Waals surface area contributed by atoms with Crippen molar-refractivity contribution in [1.82, 2.24) is 10.2 Å². The number of furan rings is 1. The normalized spacial score (nSPS) is 11.9. The third-order valence-electron chi connectivity index (χ3n) is 8.91. The maximum atomic E-state index is 13.8. The van der Waals surface area contributed by atoms with E-state index >= 15 is 0 Å². The molecular weight excluding hydrogens is 680 g/mol. The maximum absolute atomic E-state index is 13.8. The molecule has 0 aliphatic heterocycles. The summed E-state index contributed by atoms with van der Waals surface area (Å²) in [6.07, 6.45) is 2.45. The highest BCUT2D eigenvalue weighted by molar-refractivity contribution is 7.98. The fraction of sp³-hybridized carbons (Fsp3) is 0.286. The molecular formula is C42H45ClN2O5S. The minimum Gasteiger partial charge on any atom is -0.497 e. The van der Waals surface area contributed by atoms with Gasteiger partial charge in [-0.2, -0.15) is 11.8 Å².